The van der Waals surface area contributed by atoms with E-state index in [0.717, 1.165) is 120 Å². The quantitative estimate of drug-likeness (QED) is 0.145. The third-order valence-electron chi connectivity index (χ3n) is 23.9. The number of carbonyl (C=O) groups is 6. The van der Waals surface area contributed by atoms with Gasteiger partial charge in [-0.15, -0.1) is 35.3 Å². The Morgan fingerprint density at radius 2 is 0.640 bits per heavy atom. The minimum atomic E-state index is -0.185. The van der Waals surface area contributed by atoms with Crippen LogP contribution in [0.2, 0.25) is 0 Å². The summed E-state index contributed by atoms with van der Waals surface area (Å²) in [6, 6.07) is 113. The molecule has 0 saturated heterocycles. The van der Waals surface area contributed by atoms with Gasteiger partial charge >= 0.3 is 0 Å². The van der Waals surface area contributed by atoms with E-state index in [1.54, 1.807) is 41.4 Å². The van der Waals surface area contributed by atoms with Crippen LogP contribution in [0.4, 0.5) is 0 Å². The number of aryl methyl sites for hydroxylation is 8. The summed E-state index contributed by atoms with van der Waals surface area (Å²) in [6.45, 7) is 17.0. The van der Waals surface area contributed by atoms with Crippen molar-refractivity contribution >= 4 is 103 Å². The number of benzene rings is 16. The Hall–Kier alpha value is -15.1. The lowest BCUT2D eigenvalue weighted by Gasteiger charge is -2.07. The van der Waals surface area contributed by atoms with Crippen LogP contribution in [0.5, 0.6) is 17.2 Å². The zero-order chi connectivity index (χ0) is 94.6. The Bertz CT molecular complexity index is 7460. The first kappa shape index (κ1) is 92.8. The van der Waals surface area contributed by atoms with E-state index in [-0.39, 0.29) is 65.6 Å². The number of hydrogen-bond donors (Lipinski definition) is 2. The van der Waals surface area contributed by atoms with Crippen molar-refractivity contribution in [2.75, 3.05) is 37.1 Å². The van der Waals surface area contributed by atoms with Crippen molar-refractivity contribution in [2.45, 2.75) is 70.1 Å². The molecule has 0 fully saturated rings. The van der Waals surface area contributed by atoms with Crippen molar-refractivity contribution in [2.24, 2.45) is 0 Å². The summed E-state index contributed by atoms with van der Waals surface area (Å²) in [4.78, 5) is 96.4. The Balaban J connectivity index is 0.000000108. The minimum Gasteiger partial charge on any atom is -0.485 e. The molecule has 672 valence electrons. The van der Waals surface area contributed by atoms with Gasteiger partial charge in [0.15, 0.2) is 42.8 Å². The van der Waals surface area contributed by atoms with Gasteiger partial charge in [-0.2, -0.15) is 5.16 Å². The highest BCUT2D eigenvalue weighted by molar-refractivity contribution is 8.01. The molecule has 6 aliphatic rings. The number of fused-ring (bicyclic) bond motifs is 8. The summed E-state index contributed by atoms with van der Waals surface area (Å²) in [5, 5.41) is 3.69. The van der Waals surface area contributed by atoms with E-state index in [1.165, 1.54) is 78.3 Å². The number of Topliss-reactive ketones (excluding diaryl/α,β-unsaturated/α-hetero) is 6. The summed E-state index contributed by atoms with van der Waals surface area (Å²) < 4.78 is 24.9. The topological polar surface area (TPSA) is 209 Å². The van der Waals surface area contributed by atoms with E-state index in [2.05, 4.69) is 258 Å². The monoisotopic (exact) mass is 1860 g/mol. The molecule has 24 rings (SSSR count). The average Bonchev–Trinajstić information content (AvgIpc) is 1.64. The molecule has 18 heteroatoms. The normalized spacial score (nSPS) is 12.9. The maximum atomic E-state index is 11.9. The number of rotatable bonds is 8. The molecule has 136 heavy (non-hydrogen) atoms. The molecule has 0 unspecified atom stereocenters. The molecule has 0 saturated carbocycles. The highest BCUT2D eigenvalue weighted by atomic mass is 32.2. The first-order valence-electron chi connectivity index (χ1n) is 44.5. The minimum absolute atomic E-state index is 0.000961. The van der Waals surface area contributed by atoms with Crippen molar-refractivity contribution in [3.8, 4) is 106 Å². The van der Waals surface area contributed by atoms with Crippen LogP contribution in [0.1, 0.15) is 107 Å². The molecule has 18 aromatic rings. The fourth-order valence-electron chi connectivity index (χ4n) is 16.2. The second-order valence-electron chi connectivity index (χ2n) is 33.8. The first-order valence-corrected chi connectivity index (χ1v) is 48.3. The lowest BCUT2D eigenvalue weighted by molar-refractivity contribution is 0.0954. The average molecular weight is 1860 g/mol. The number of ketones is 6. The van der Waals surface area contributed by atoms with E-state index in [9.17, 15) is 38.4 Å². The molecule has 8 heterocycles. The maximum Gasteiger partial charge on any atom is 0.287 e. The molecule has 6 aliphatic heterocycles. The predicted molar refractivity (Wildman–Crippen MR) is 554 cm³/mol. The van der Waals surface area contributed by atoms with Crippen molar-refractivity contribution in [3.63, 3.8) is 0 Å². The third kappa shape index (κ3) is 21.6. The molecule has 0 bridgehead atoms. The molecule has 14 nitrogen and oxygen atoms in total. The van der Waals surface area contributed by atoms with Crippen LogP contribution in [-0.4, -0.2) is 81.3 Å². The number of aromatic amines is 2. The Morgan fingerprint density at radius 1 is 0.250 bits per heavy atom. The van der Waals surface area contributed by atoms with Gasteiger partial charge in [-0.3, -0.25) is 42.7 Å². The number of carbonyl (C=O) groups excluding carboxylic acids is 6. The van der Waals surface area contributed by atoms with Crippen molar-refractivity contribution in [3.05, 3.63) is 438 Å². The van der Waals surface area contributed by atoms with Crippen molar-refractivity contribution in [1.29, 1.82) is 0 Å². The Labute approximate surface area is 805 Å². The zero-order valence-electron chi connectivity index (χ0n) is 76.1. The number of hydrogen-bond acceptors (Lipinski definition) is 16. The van der Waals surface area contributed by atoms with Crippen LogP contribution >= 0.6 is 46.8 Å². The van der Waals surface area contributed by atoms with Crippen LogP contribution in [-0.2, 0) is 0 Å². The van der Waals surface area contributed by atoms with E-state index in [0.29, 0.717) is 50.9 Å². The van der Waals surface area contributed by atoms with E-state index < -0.39 is 0 Å². The number of ether oxygens (including phenoxy) is 3. The molecular weight excluding hydrogens is 1770 g/mol. The first-order chi connectivity index (χ1) is 66.0. The summed E-state index contributed by atoms with van der Waals surface area (Å²) >= 11 is 6.31. The molecule has 2 aromatic heterocycles. The molecule has 0 radical (unpaired) electrons. The lowest BCUT2D eigenvalue weighted by atomic mass is 9.97. The fourth-order valence-corrected chi connectivity index (χ4v) is 20.0. The number of thioether (sulfide) groups is 3. The second-order valence-corrected chi connectivity index (χ2v) is 37.7. The smallest absolute Gasteiger partial charge is 0.287 e. The highest BCUT2D eigenvalue weighted by Gasteiger charge is 2.29. The van der Waals surface area contributed by atoms with Gasteiger partial charge in [-0.05, 0) is 206 Å². The maximum absolute atomic E-state index is 11.9. The van der Waals surface area contributed by atoms with Gasteiger partial charge < -0.3 is 18.7 Å². The van der Waals surface area contributed by atoms with E-state index in [1.807, 2.05) is 140 Å². The molecule has 16 aromatic carbocycles. The molecule has 0 amide bonds. The summed E-state index contributed by atoms with van der Waals surface area (Å²) in [5.41, 5.74) is 32.7. The van der Waals surface area contributed by atoms with Crippen molar-refractivity contribution < 1.29 is 47.5 Å². The highest BCUT2D eigenvalue weighted by Crippen LogP contribution is 2.44. The molecule has 0 aliphatic carbocycles. The van der Waals surface area contributed by atoms with Crippen LogP contribution in [0.25, 0.3) is 110 Å². The van der Waals surface area contributed by atoms with Crippen LogP contribution in [0, 0.1) is 55.4 Å². The molecule has 2 N–H and O–H groups in total. The van der Waals surface area contributed by atoms with Gasteiger partial charge in [0.1, 0.15) is 17.2 Å². The van der Waals surface area contributed by atoms with E-state index in [4.69, 9.17) is 18.7 Å². The lowest BCUT2D eigenvalue weighted by Crippen LogP contribution is -2.00. The zero-order valence-corrected chi connectivity index (χ0v) is 79.4. The molecular formula is C118H94N2O12S4. The van der Waals surface area contributed by atoms with Gasteiger partial charge in [-0.25, -0.2) is 0 Å². The van der Waals surface area contributed by atoms with Gasteiger partial charge in [-0.1, -0.05) is 329 Å². The second kappa shape index (κ2) is 42.0. The number of H-pyrrole nitrogens is 2. The summed E-state index contributed by atoms with van der Waals surface area (Å²) in [5.74, 6) is 4.82. The fraction of sp³-hybridized carbons (Fsp3) is 0.119. The third-order valence-corrected chi connectivity index (χ3v) is 28.0. The van der Waals surface area contributed by atoms with Crippen LogP contribution in [0.3, 0.4) is 0 Å². The van der Waals surface area contributed by atoms with Gasteiger partial charge in [0.2, 0.25) is 17.3 Å². The Kier molecular flexibility index (Phi) is 28.7. The molecule has 0 atom stereocenters. The van der Waals surface area contributed by atoms with Gasteiger partial charge in [0.25, 0.3) is 11.1 Å². The van der Waals surface area contributed by atoms with Gasteiger partial charge in [0.05, 0.1) is 49.4 Å². The number of aromatic nitrogens is 2. The van der Waals surface area contributed by atoms with E-state index >= 15 is 0 Å². The predicted octanol–water partition coefficient (Wildman–Crippen LogP) is 28.2. The van der Waals surface area contributed by atoms with Crippen molar-refractivity contribution in [1.82, 2.24) is 9.53 Å². The standard InChI is InChI=1S/3C15H12O2.3C15H12OS.C14H11NO2.C14H11NOS/c1-10-2-4-11(5-3-10)12-6-7-15-13(8-12)14(16)9-17-15;1-10-5-7-11(8-6-10)12-3-2-4-14-15(12)13(16)9-17-14;1-10-5-7-11(8-6-10)12-3-2-4-13-14(16)9-17-15(12)13;1-10-2-4-11(5-3-10)12-6-7-13-14(16)9-17-15(13)8-12;1-10-5-7-11(8-6-10)12-3-2-4-14-15(12)13(16)9-17-14;1-10-5-7-11(8-6-10)12-3-2-4-13-14(16)9-17-15(12)13;1-9-2-4-10(5-3-9)11-6-7-12-13(8-11)17-15-14(12)16;1-9-2-4-10(5-3-9)11-6-7-13-12(8-11)14(16)15-17-13/h6*2-8H,9H2,1H3;2*2-8H,1H3,(H,15,16). The number of para-hydroxylation sites is 1. The summed E-state index contributed by atoms with van der Waals surface area (Å²) in [6.07, 6.45) is 0. The SMILES string of the molecule is Cc1ccc(-c2ccc3c(=O)[nH]oc3c2)cc1.Cc1ccc(-c2ccc3c(c2)C(=O)CO3)cc1.Cc1ccc(-c2ccc3c(c2)SCC3=O)cc1.Cc1ccc(-c2ccc3s[nH]c(=O)c3c2)cc1.Cc1ccc(-c2cccc3c2C(=O)CO3)cc1.Cc1ccc(-c2cccc3c2C(=O)CS3)cc1.Cc1ccc(-c2cccc3c2OCC3=O)cc1.Cc1ccc(-c2cccc3c2SCC3=O)cc1. The molecule has 0 spiro atoms. The van der Waals surface area contributed by atoms with Gasteiger partial charge in [0, 0.05) is 36.9 Å². The van der Waals surface area contributed by atoms with Crippen LogP contribution < -0.4 is 25.3 Å². The summed E-state index contributed by atoms with van der Waals surface area (Å²) in [7, 11) is 0. The Morgan fingerprint density at radius 3 is 1.21 bits per heavy atom. The van der Waals surface area contributed by atoms with Crippen LogP contribution in [0.15, 0.2) is 369 Å². The largest absolute Gasteiger partial charge is 0.485 e. The number of nitrogens with one attached hydrogen (secondary N) is 2.